The average molecular weight is 268 g/mol. The lowest BCUT2D eigenvalue weighted by Crippen LogP contribution is -2.50. The van der Waals surface area contributed by atoms with Crippen LogP contribution in [0.15, 0.2) is 0 Å². The lowest BCUT2D eigenvalue weighted by atomic mass is 9.99. The van der Waals surface area contributed by atoms with Crippen molar-refractivity contribution in [3.63, 3.8) is 0 Å². The van der Waals surface area contributed by atoms with Crippen molar-refractivity contribution < 1.29 is 4.74 Å². The fraction of sp³-hybridized carbons (Fsp3) is 1.00. The predicted octanol–water partition coefficient (Wildman–Crippen LogP) is 2.80. The minimum absolute atomic E-state index is 0.234. The zero-order chi connectivity index (χ0) is 13.7. The van der Waals surface area contributed by atoms with Crippen molar-refractivity contribution in [1.82, 2.24) is 10.2 Å². The van der Waals surface area contributed by atoms with E-state index >= 15 is 0 Å². The zero-order valence-electron chi connectivity index (χ0n) is 13.1. The smallest absolute Gasteiger partial charge is 0.0588 e. The number of hydrogen-bond acceptors (Lipinski definition) is 3. The molecule has 0 amide bonds. The highest BCUT2D eigenvalue weighted by Gasteiger charge is 2.25. The van der Waals surface area contributed by atoms with Gasteiger partial charge in [0.15, 0.2) is 0 Å². The van der Waals surface area contributed by atoms with Gasteiger partial charge in [-0.05, 0) is 59.4 Å². The summed E-state index contributed by atoms with van der Waals surface area (Å²) in [7, 11) is 0. The fourth-order valence-corrected chi connectivity index (χ4v) is 3.19. The zero-order valence-corrected chi connectivity index (χ0v) is 13.1. The third kappa shape index (κ3) is 5.41. The van der Waals surface area contributed by atoms with Crippen LogP contribution >= 0.6 is 0 Å². The quantitative estimate of drug-likeness (QED) is 0.830. The second kappa shape index (κ2) is 7.05. The van der Waals surface area contributed by atoms with Crippen LogP contribution in [0.1, 0.15) is 59.3 Å². The predicted molar refractivity (Wildman–Crippen MR) is 80.6 cm³/mol. The molecule has 2 unspecified atom stereocenters. The van der Waals surface area contributed by atoms with E-state index in [2.05, 4.69) is 31.0 Å². The number of nitrogens with one attached hydrogen (secondary N) is 1. The van der Waals surface area contributed by atoms with Gasteiger partial charge in [0.1, 0.15) is 0 Å². The summed E-state index contributed by atoms with van der Waals surface area (Å²) < 4.78 is 5.75. The first-order chi connectivity index (χ1) is 9.04. The third-order valence-corrected chi connectivity index (χ3v) is 4.38. The van der Waals surface area contributed by atoms with Crippen molar-refractivity contribution in [2.24, 2.45) is 0 Å². The molecular formula is C16H32N2O. The van der Waals surface area contributed by atoms with Gasteiger partial charge in [0, 0.05) is 31.3 Å². The average Bonchev–Trinajstić information content (AvgIpc) is 2.87. The van der Waals surface area contributed by atoms with Crippen LogP contribution < -0.4 is 5.32 Å². The number of likely N-dealkylation sites (tertiary alicyclic amines) is 1. The van der Waals surface area contributed by atoms with E-state index in [4.69, 9.17) is 4.74 Å². The van der Waals surface area contributed by atoms with Gasteiger partial charge in [0.25, 0.3) is 0 Å². The maximum atomic E-state index is 5.75. The van der Waals surface area contributed by atoms with Crippen molar-refractivity contribution in [1.29, 1.82) is 0 Å². The lowest BCUT2D eigenvalue weighted by molar-refractivity contribution is 0.0737. The van der Waals surface area contributed by atoms with Crippen molar-refractivity contribution >= 4 is 0 Å². The van der Waals surface area contributed by atoms with Crippen LogP contribution in [0.2, 0.25) is 0 Å². The summed E-state index contributed by atoms with van der Waals surface area (Å²) in [6.45, 7) is 11.4. The Morgan fingerprint density at radius 3 is 2.68 bits per heavy atom. The number of nitrogens with zero attached hydrogens (tertiary/aromatic N) is 1. The molecule has 3 heteroatoms. The molecular weight excluding hydrogens is 236 g/mol. The summed E-state index contributed by atoms with van der Waals surface area (Å²) in [5.41, 5.74) is 0.234. The minimum atomic E-state index is 0.234. The van der Waals surface area contributed by atoms with Gasteiger partial charge in [-0.1, -0.05) is 6.42 Å². The van der Waals surface area contributed by atoms with E-state index in [9.17, 15) is 0 Å². The molecule has 0 spiro atoms. The maximum Gasteiger partial charge on any atom is 0.0588 e. The standard InChI is InChI=1S/C16H32N2O/c1-16(2,3)17-13-14-7-4-5-10-18(14)11-9-15-8-6-12-19-15/h14-15,17H,4-13H2,1-3H3. The highest BCUT2D eigenvalue weighted by molar-refractivity contribution is 4.83. The monoisotopic (exact) mass is 268 g/mol. The van der Waals surface area contributed by atoms with Gasteiger partial charge in [-0.15, -0.1) is 0 Å². The summed E-state index contributed by atoms with van der Waals surface area (Å²) in [4.78, 5) is 2.70. The highest BCUT2D eigenvalue weighted by Crippen LogP contribution is 2.21. The Balaban J connectivity index is 1.74. The minimum Gasteiger partial charge on any atom is -0.378 e. The molecule has 2 atom stereocenters. The summed E-state index contributed by atoms with van der Waals surface area (Å²) in [5, 5.41) is 3.68. The van der Waals surface area contributed by atoms with E-state index in [0.29, 0.717) is 6.10 Å². The Morgan fingerprint density at radius 1 is 1.16 bits per heavy atom. The van der Waals surface area contributed by atoms with E-state index in [1.807, 2.05) is 0 Å². The molecule has 0 aromatic carbocycles. The van der Waals surface area contributed by atoms with Crippen LogP contribution in [0, 0.1) is 0 Å². The molecule has 0 radical (unpaired) electrons. The van der Waals surface area contributed by atoms with E-state index in [1.54, 1.807) is 0 Å². The Morgan fingerprint density at radius 2 is 2.00 bits per heavy atom. The molecule has 2 saturated heterocycles. The Bertz CT molecular complexity index is 256. The Labute approximate surface area is 119 Å². The SMILES string of the molecule is CC(C)(C)NCC1CCCCN1CCC1CCCO1. The van der Waals surface area contributed by atoms with E-state index in [-0.39, 0.29) is 5.54 Å². The number of ether oxygens (including phenoxy) is 1. The summed E-state index contributed by atoms with van der Waals surface area (Å²) in [6, 6.07) is 0.731. The van der Waals surface area contributed by atoms with E-state index in [1.165, 1.54) is 51.6 Å². The molecule has 0 bridgehead atoms. The molecule has 0 aromatic heterocycles. The van der Waals surface area contributed by atoms with Gasteiger partial charge in [-0.25, -0.2) is 0 Å². The molecule has 19 heavy (non-hydrogen) atoms. The molecule has 112 valence electrons. The van der Waals surface area contributed by atoms with Gasteiger partial charge >= 0.3 is 0 Å². The van der Waals surface area contributed by atoms with Crippen LogP contribution in [-0.4, -0.2) is 48.8 Å². The molecule has 2 fully saturated rings. The first-order valence-corrected chi connectivity index (χ1v) is 8.15. The molecule has 0 aromatic rings. The number of hydrogen-bond donors (Lipinski definition) is 1. The van der Waals surface area contributed by atoms with Crippen molar-refractivity contribution in [2.75, 3.05) is 26.2 Å². The molecule has 2 rings (SSSR count). The van der Waals surface area contributed by atoms with Crippen molar-refractivity contribution in [2.45, 2.75) is 77.0 Å². The highest BCUT2D eigenvalue weighted by atomic mass is 16.5. The molecule has 2 heterocycles. The first kappa shape index (κ1) is 15.3. The van der Waals surface area contributed by atoms with Gasteiger partial charge in [-0.3, -0.25) is 4.90 Å². The summed E-state index contributed by atoms with van der Waals surface area (Å²) >= 11 is 0. The van der Waals surface area contributed by atoms with Gasteiger partial charge < -0.3 is 10.1 Å². The third-order valence-electron chi connectivity index (χ3n) is 4.38. The van der Waals surface area contributed by atoms with Crippen LogP contribution in [-0.2, 0) is 4.74 Å². The second-order valence-electron chi connectivity index (χ2n) is 7.24. The topological polar surface area (TPSA) is 24.5 Å². The van der Waals surface area contributed by atoms with Crippen molar-refractivity contribution in [3.8, 4) is 0 Å². The van der Waals surface area contributed by atoms with Crippen LogP contribution in [0.3, 0.4) is 0 Å². The van der Waals surface area contributed by atoms with Crippen LogP contribution in [0.4, 0.5) is 0 Å². The van der Waals surface area contributed by atoms with Gasteiger partial charge in [0.05, 0.1) is 6.10 Å². The largest absolute Gasteiger partial charge is 0.378 e. The summed E-state index contributed by atoms with van der Waals surface area (Å²) in [6.07, 6.45) is 8.43. The molecule has 1 N–H and O–H groups in total. The summed E-state index contributed by atoms with van der Waals surface area (Å²) in [5.74, 6) is 0. The van der Waals surface area contributed by atoms with Crippen molar-refractivity contribution in [3.05, 3.63) is 0 Å². The fourth-order valence-electron chi connectivity index (χ4n) is 3.19. The normalized spacial score (nSPS) is 29.8. The molecule has 2 aliphatic heterocycles. The van der Waals surface area contributed by atoms with E-state index in [0.717, 1.165) is 19.2 Å². The number of rotatable bonds is 5. The van der Waals surface area contributed by atoms with Crippen LogP contribution in [0.25, 0.3) is 0 Å². The second-order valence-corrected chi connectivity index (χ2v) is 7.24. The van der Waals surface area contributed by atoms with Gasteiger partial charge in [-0.2, -0.15) is 0 Å². The molecule has 0 saturated carbocycles. The Kier molecular flexibility index (Phi) is 5.67. The molecule has 0 aliphatic carbocycles. The molecule has 2 aliphatic rings. The molecule has 3 nitrogen and oxygen atoms in total. The Hall–Kier alpha value is -0.120. The van der Waals surface area contributed by atoms with Crippen LogP contribution in [0.5, 0.6) is 0 Å². The first-order valence-electron chi connectivity index (χ1n) is 8.15. The number of piperidine rings is 1. The maximum absolute atomic E-state index is 5.75. The van der Waals surface area contributed by atoms with E-state index < -0.39 is 0 Å². The lowest BCUT2D eigenvalue weighted by Gasteiger charge is -2.38. The van der Waals surface area contributed by atoms with Gasteiger partial charge in [0.2, 0.25) is 0 Å².